The van der Waals surface area contributed by atoms with Gasteiger partial charge in [0.1, 0.15) is 6.04 Å². The number of carbonyl (C=O) groups is 2. The van der Waals surface area contributed by atoms with Crippen molar-refractivity contribution < 1.29 is 24.9 Å². The molecule has 0 saturated carbocycles. The van der Waals surface area contributed by atoms with E-state index in [9.17, 15) is 24.9 Å². The van der Waals surface area contributed by atoms with Crippen LogP contribution in [0.5, 0.6) is 11.5 Å². The number of carbonyl (C=O) groups excluding carboxylic acids is 1. The highest BCUT2D eigenvalue weighted by Crippen LogP contribution is 2.25. The Balaban J connectivity index is 2.18. The van der Waals surface area contributed by atoms with Crippen LogP contribution in [0.2, 0.25) is 0 Å². The van der Waals surface area contributed by atoms with Crippen molar-refractivity contribution in [3.05, 3.63) is 23.8 Å². The number of carboxylic acids is 1. The minimum absolute atomic E-state index is 0.0488. The van der Waals surface area contributed by atoms with E-state index in [1.165, 1.54) is 69.6 Å². The van der Waals surface area contributed by atoms with Crippen LogP contribution in [0.25, 0.3) is 0 Å². The van der Waals surface area contributed by atoms with Crippen LogP contribution in [0.15, 0.2) is 18.2 Å². The Hall–Kier alpha value is -2.24. The standard InChI is InChI=1S/C23H37NO5/c1-2-3-4-5-6-7-8-9-10-11-12-13-22(27)24-19(23(28)29)16-18-14-15-20(25)21(26)17-18/h14-15,17,19,25-26H,2-13,16H2,1H3,(H,24,27)(H,28,29)/t19-/m0/s1. The highest BCUT2D eigenvalue weighted by atomic mass is 16.4. The molecule has 1 amide bonds. The van der Waals surface area contributed by atoms with Gasteiger partial charge in [0, 0.05) is 12.8 Å². The first-order valence-electron chi connectivity index (χ1n) is 11.0. The molecule has 0 aromatic heterocycles. The first kappa shape index (κ1) is 24.8. The molecule has 0 aliphatic heterocycles. The number of hydrogen-bond acceptors (Lipinski definition) is 4. The number of aromatic hydroxyl groups is 2. The lowest BCUT2D eigenvalue weighted by atomic mass is 10.0. The largest absolute Gasteiger partial charge is 0.504 e. The highest BCUT2D eigenvalue weighted by Gasteiger charge is 2.20. The van der Waals surface area contributed by atoms with Crippen molar-refractivity contribution in [2.75, 3.05) is 0 Å². The van der Waals surface area contributed by atoms with Crippen molar-refractivity contribution in [3.8, 4) is 11.5 Å². The Morgan fingerprint density at radius 1 is 0.862 bits per heavy atom. The van der Waals surface area contributed by atoms with E-state index in [0.717, 1.165) is 19.3 Å². The lowest BCUT2D eigenvalue weighted by molar-refractivity contribution is -0.141. The highest BCUT2D eigenvalue weighted by molar-refractivity contribution is 5.83. The molecule has 1 atom stereocenters. The lowest BCUT2D eigenvalue weighted by Gasteiger charge is -2.15. The van der Waals surface area contributed by atoms with Gasteiger partial charge in [-0.05, 0) is 24.1 Å². The van der Waals surface area contributed by atoms with Crippen LogP contribution >= 0.6 is 0 Å². The molecule has 0 fully saturated rings. The number of nitrogens with one attached hydrogen (secondary N) is 1. The zero-order valence-electron chi connectivity index (χ0n) is 17.7. The van der Waals surface area contributed by atoms with Gasteiger partial charge in [-0.1, -0.05) is 77.2 Å². The molecule has 0 aliphatic carbocycles. The Morgan fingerprint density at radius 3 is 1.93 bits per heavy atom. The fourth-order valence-corrected chi connectivity index (χ4v) is 3.35. The molecule has 0 spiro atoms. The number of unbranched alkanes of at least 4 members (excludes halogenated alkanes) is 10. The lowest BCUT2D eigenvalue weighted by Crippen LogP contribution is -2.42. The third kappa shape index (κ3) is 11.4. The molecule has 1 rings (SSSR count). The molecule has 4 N–H and O–H groups in total. The van der Waals surface area contributed by atoms with E-state index in [2.05, 4.69) is 12.2 Å². The van der Waals surface area contributed by atoms with Gasteiger partial charge in [-0.3, -0.25) is 4.79 Å². The van der Waals surface area contributed by atoms with E-state index in [4.69, 9.17) is 0 Å². The molecule has 6 nitrogen and oxygen atoms in total. The number of phenols is 2. The summed E-state index contributed by atoms with van der Waals surface area (Å²) in [6.45, 7) is 2.23. The maximum atomic E-state index is 12.1. The van der Waals surface area contributed by atoms with Crippen LogP contribution in [0.4, 0.5) is 0 Å². The van der Waals surface area contributed by atoms with Gasteiger partial charge in [-0.2, -0.15) is 0 Å². The SMILES string of the molecule is CCCCCCCCCCCCCC(=O)N[C@@H](Cc1ccc(O)c(O)c1)C(=O)O. The van der Waals surface area contributed by atoms with Gasteiger partial charge >= 0.3 is 5.97 Å². The van der Waals surface area contributed by atoms with E-state index in [0.29, 0.717) is 12.0 Å². The van der Waals surface area contributed by atoms with Gasteiger partial charge in [0.15, 0.2) is 11.5 Å². The van der Waals surface area contributed by atoms with E-state index < -0.39 is 12.0 Å². The Bertz CT molecular complexity index is 617. The predicted molar refractivity (Wildman–Crippen MR) is 114 cm³/mol. The summed E-state index contributed by atoms with van der Waals surface area (Å²) in [5, 5.41) is 30.7. The van der Waals surface area contributed by atoms with Crippen LogP contribution < -0.4 is 5.32 Å². The second-order valence-electron chi connectivity index (χ2n) is 7.77. The van der Waals surface area contributed by atoms with E-state index in [1.807, 2.05) is 0 Å². The summed E-state index contributed by atoms with van der Waals surface area (Å²) in [5.41, 5.74) is 0.530. The van der Waals surface area contributed by atoms with E-state index in [-0.39, 0.29) is 23.8 Å². The summed E-state index contributed by atoms with van der Waals surface area (Å²) >= 11 is 0. The Kier molecular flexibility index (Phi) is 12.6. The predicted octanol–water partition coefficient (Wildman–Crippen LogP) is 4.91. The topological polar surface area (TPSA) is 107 Å². The van der Waals surface area contributed by atoms with E-state index in [1.54, 1.807) is 0 Å². The van der Waals surface area contributed by atoms with Gasteiger partial charge in [-0.15, -0.1) is 0 Å². The van der Waals surface area contributed by atoms with Gasteiger partial charge in [0.25, 0.3) is 0 Å². The van der Waals surface area contributed by atoms with Gasteiger partial charge in [0.05, 0.1) is 0 Å². The maximum Gasteiger partial charge on any atom is 0.326 e. The molecule has 0 aliphatic rings. The summed E-state index contributed by atoms with van der Waals surface area (Å²) in [6, 6.07) is 3.08. The maximum absolute atomic E-state index is 12.1. The smallest absolute Gasteiger partial charge is 0.326 e. The van der Waals surface area contributed by atoms with Crippen LogP contribution in [0.3, 0.4) is 0 Å². The van der Waals surface area contributed by atoms with Crippen molar-refractivity contribution in [1.82, 2.24) is 5.32 Å². The van der Waals surface area contributed by atoms with Crippen LogP contribution in [-0.2, 0) is 16.0 Å². The third-order valence-electron chi connectivity index (χ3n) is 5.12. The van der Waals surface area contributed by atoms with Gasteiger partial charge in [0.2, 0.25) is 5.91 Å². The minimum Gasteiger partial charge on any atom is -0.504 e. The molecule has 0 unspecified atom stereocenters. The number of amides is 1. The summed E-state index contributed by atoms with van der Waals surface area (Å²) in [7, 11) is 0. The Labute approximate surface area is 174 Å². The first-order chi connectivity index (χ1) is 13.9. The summed E-state index contributed by atoms with van der Waals surface area (Å²) in [5.74, 6) is -1.96. The molecule has 0 bridgehead atoms. The second kappa shape index (κ2) is 14.7. The van der Waals surface area contributed by atoms with Crippen molar-refractivity contribution in [2.45, 2.75) is 96.4 Å². The number of phenolic OH excluding ortho intramolecular Hbond substituents is 2. The first-order valence-corrected chi connectivity index (χ1v) is 11.0. The van der Waals surface area contributed by atoms with Crippen molar-refractivity contribution >= 4 is 11.9 Å². The number of rotatable bonds is 16. The fourth-order valence-electron chi connectivity index (χ4n) is 3.35. The van der Waals surface area contributed by atoms with Crippen LogP contribution in [0.1, 0.15) is 89.5 Å². The molecule has 0 saturated heterocycles. The van der Waals surface area contributed by atoms with Crippen molar-refractivity contribution in [2.24, 2.45) is 0 Å². The Morgan fingerprint density at radius 2 is 1.41 bits per heavy atom. The minimum atomic E-state index is -1.12. The molecule has 0 heterocycles. The van der Waals surface area contributed by atoms with Gasteiger partial charge < -0.3 is 20.6 Å². The second-order valence-corrected chi connectivity index (χ2v) is 7.77. The van der Waals surface area contributed by atoms with Gasteiger partial charge in [-0.25, -0.2) is 4.79 Å². The quantitative estimate of drug-likeness (QED) is 0.230. The molecule has 164 valence electrons. The van der Waals surface area contributed by atoms with Crippen LogP contribution in [-0.4, -0.2) is 33.2 Å². The zero-order valence-corrected chi connectivity index (χ0v) is 17.7. The molecule has 0 radical (unpaired) electrons. The molecule has 1 aromatic carbocycles. The number of hydrogen-bond donors (Lipinski definition) is 4. The fraction of sp³-hybridized carbons (Fsp3) is 0.652. The number of aliphatic carboxylic acids is 1. The average Bonchev–Trinajstić information content (AvgIpc) is 2.68. The van der Waals surface area contributed by atoms with E-state index >= 15 is 0 Å². The molecular weight excluding hydrogens is 370 g/mol. The van der Waals surface area contributed by atoms with Crippen LogP contribution in [0, 0.1) is 0 Å². The zero-order chi connectivity index (χ0) is 21.5. The number of carboxylic acid groups (broad SMARTS) is 1. The summed E-state index contributed by atoms with van der Waals surface area (Å²) in [6.07, 6.45) is 13.6. The molecule has 6 heteroatoms. The molecule has 1 aromatic rings. The number of benzene rings is 1. The molecule has 29 heavy (non-hydrogen) atoms. The monoisotopic (exact) mass is 407 g/mol. The summed E-state index contributed by atoms with van der Waals surface area (Å²) in [4.78, 5) is 23.5. The summed E-state index contributed by atoms with van der Waals surface area (Å²) < 4.78 is 0. The normalized spacial score (nSPS) is 11.9. The van der Waals surface area contributed by atoms with Crippen molar-refractivity contribution in [3.63, 3.8) is 0 Å². The average molecular weight is 408 g/mol. The third-order valence-corrected chi connectivity index (χ3v) is 5.12. The molecular formula is C23H37NO5. The van der Waals surface area contributed by atoms with Crippen molar-refractivity contribution in [1.29, 1.82) is 0 Å².